The summed E-state index contributed by atoms with van der Waals surface area (Å²) < 4.78 is 6.52. The van der Waals surface area contributed by atoms with Crippen LogP contribution in [0.25, 0.3) is 0 Å². The van der Waals surface area contributed by atoms with Crippen molar-refractivity contribution in [1.82, 2.24) is 15.2 Å². The van der Waals surface area contributed by atoms with Crippen LogP contribution in [-0.2, 0) is 4.79 Å². The number of rotatable bonds is 4. The Balaban J connectivity index is 1.30. The fourth-order valence-corrected chi connectivity index (χ4v) is 4.77. The van der Waals surface area contributed by atoms with E-state index >= 15 is 0 Å². The van der Waals surface area contributed by atoms with E-state index < -0.39 is 0 Å². The van der Waals surface area contributed by atoms with Gasteiger partial charge in [0.1, 0.15) is 11.4 Å². The summed E-state index contributed by atoms with van der Waals surface area (Å²) in [6, 6.07) is 12.0. The Hall–Kier alpha value is -2.89. The molecule has 1 saturated carbocycles. The molecule has 2 aliphatic heterocycles. The van der Waals surface area contributed by atoms with Crippen molar-refractivity contribution in [1.29, 1.82) is 0 Å². The molecule has 5 rings (SSSR count). The third kappa shape index (κ3) is 3.91. The lowest BCUT2D eigenvalue weighted by molar-refractivity contribution is -0.122. The van der Waals surface area contributed by atoms with Gasteiger partial charge in [-0.05, 0) is 43.0 Å². The number of nitrogens with one attached hydrogen (secondary N) is 1. The maximum Gasteiger partial charge on any atom is 0.253 e. The molecule has 3 aliphatic rings. The average molecular weight is 405 g/mol. The maximum absolute atomic E-state index is 12.8. The highest BCUT2D eigenvalue weighted by Gasteiger charge is 2.44. The lowest BCUT2D eigenvalue weighted by Crippen LogP contribution is -2.52. The van der Waals surface area contributed by atoms with E-state index in [2.05, 4.69) is 16.4 Å². The van der Waals surface area contributed by atoms with Crippen LogP contribution in [0.15, 0.2) is 48.8 Å². The van der Waals surface area contributed by atoms with Gasteiger partial charge < -0.3 is 15.0 Å². The molecule has 1 aliphatic carbocycles. The number of para-hydroxylation sites is 1. The first kappa shape index (κ1) is 19.1. The first-order chi connectivity index (χ1) is 14.6. The number of hydrogen-bond acceptors (Lipinski definition) is 4. The van der Waals surface area contributed by atoms with E-state index in [0.29, 0.717) is 31.1 Å². The van der Waals surface area contributed by atoms with Crippen LogP contribution in [0.4, 0.5) is 0 Å². The number of pyridine rings is 1. The lowest BCUT2D eigenvalue weighted by atomic mass is 9.76. The molecule has 156 valence electrons. The predicted molar refractivity (Wildman–Crippen MR) is 112 cm³/mol. The second kappa shape index (κ2) is 7.74. The quantitative estimate of drug-likeness (QED) is 0.847. The predicted octanol–water partition coefficient (Wildman–Crippen LogP) is 3.29. The molecule has 0 unspecified atom stereocenters. The molecule has 1 N–H and O–H groups in total. The van der Waals surface area contributed by atoms with E-state index in [0.717, 1.165) is 43.4 Å². The number of nitrogens with zero attached hydrogens (tertiary/aromatic N) is 2. The normalized spacial score (nSPS) is 22.1. The zero-order valence-electron chi connectivity index (χ0n) is 17.0. The molecule has 6 heteroatoms. The molecular formula is C24H27N3O3. The molecule has 2 fully saturated rings. The van der Waals surface area contributed by atoms with Crippen LogP contribution in [0, 0.1) is 0 Å². The second-order valence-electron chi connectivity index (χ2n) is 8.80. The Kier molecular flexibility index (Phi) is 4.93. The fourth-order valence-electron chi connectivity index (χ4n) is 4.77. The van der Waals surface area contributed by atoms with Gasteiger partial charge in [0.25, 0.3) is 5.91 Å². The van der Waals surface area contributed by atoms with Gasteiger partial charge in [0.2, 0.25) is 5.91 Å². The summed E-state index contributed by atoms with van der Waals surface area (Å²) in [5, 5.41) is 3.13. The van der Waals surface area contributed by atoms with E-state index in [1.54, 1.807) is 24.5 Å². The lowest BCUT2D eigenvalue weighted by Gasteiger charge is -2.47. The molecule has 1 aromatic heterocycles. The molecule has 30 heavy (non-hydrogen) atoms. The molecule has 2 aromatic rings. The number of benzene rings is 1. The minimum Gasteiger partial charge on any atom is -0.487 e. The van der Waals surface area contributed by atoms with E-state index in [1.807, 2.05) is 23.1 Å². The van der Waals surface area contributed by atoms with Crippen LogP contribution >= 0.6 is 0 Å². The van der Waals surface area contributed by atoms with E-state index in [4.69, 9.17) is 4.74 Å². The van der Waals surface area contributed by atoms with Crippen molar-refractivity contribution in [2.24, 2.45) is 0 Å². The van der Waals surface area contributed by atoms with Crippen molar-refractivity contribution in [2.45, 2.75) is 56.1 Å². The SMILES string of the molecule is O=C(C[C@H]1CC2(CCN(C(=O)c3ccncc3)CC2)Oc2ccccc21)NC1CC1. The third-order valence-electron chi connectivity index (χ3n) is 6.57. The molecule has 3 heterocycles. The summed E-state index contributed by atoms with van der Waals surface area (Å²) in [5.74, 6) is 1.22. The number of ether oxygens (including phenoxy) is 1. The molecule has 2 amide bonds. The van der Waals surface area contributed by atoms with Crippen LogP contribution in [0.3, 0.4) is 0 Å². The first-order valence-electron chi connectivity index (χ1n) is 10.9. The topological polar surface area (TPSA) is 71.5 Å². The highest BCUT2D eigenvalue weighted by atomic mass is 16.5. The van der Waals surface area contributed by atoms with E-state index in [9.17, 15) is 9.59 Å². The molecule has 6 nitrogen and oxygen atoms in total. The van der Waals surface area contributed by atoms with Crippen molar-refractivity contribution in [3.8, 4) is 5.75 Å². The zero-order chi connectivity index (χ0) is 20.6. The van der Waals surface area contributed by atoms with Gasteiger partial charge in [-0.3, -0.25) is 14.6 Å². The number of amides is 2. The number of hydrogen-bond donors (Lipinski definition) is 1. The fraction of sp³-hybridized carbons (Fsp3) is 0.458. The van der Waals surface area contributed by atoms with Crippen LogP contribution in [0.5, 0.6) is 5.75 Å². The largest absolute Gasteiger partial charge is 0.487 e. The van der Waals surface area contributed by atoms with Crippen LogP contribution < -0.4 is 10.1 Å². The van der Waals surface area contributed by atoms with Gasteiger partial charge in [0.15, 0.2) is 0 Å². The Morgan fingerprint density at radius 3 is 2.57 bits per heavy atom. The minimum atomic E-state index is -0.312. The van der Waals surface area contributed by atoms with Crippen molar-refractivity contribution >= 4 is 11.8 Å². The smallest absolute Gasteiger partial charge is 0.253 e. The summed E-state index contributed by atoms with van der Waals surface area (Å²) in [7, 11) is 0. The standard InChI is InChI=1S/C24H27N3O3/c28-22(26-19-5-6-19)15-18-16-24(30-21-4-2-1-3-20(18)21)9-13-27(14-10-24)23(29)17-7-11-25-12-8-17/h1-4,7-8,11-12,18-19H,5-6,9-10,13-16H2,(H,26,28)/t18-/m0/s1. The Bertz CT molecular complexity index is 934. The maximum atomic E-state index is 12.8. The number of carbonyl (C=O) groups excluding carboxylic acids is 2. The highest BCUT2D eigenvalue weighted by Crippen LogP contribution is 2.46. The number of likely N-dealkylation sites (tertiary alicyclic amines) is 1. The molecule has 0 radical (unpaired) electrons. The summed E-state index contributed by atoms with van der Waals surface area (Å²) >= 11 is 0. The van der Waals surface area contributed by atoms with Gasteiger partial charge in [0.05, 0.1) is 0 Å². The molecule has 1 atom stereocenters. The molecule has 1 spiro atoms. The van der Waals surface area contributed by atoms with Crippen LogP contribution in [0.2, 0.25) is 0 Å². The zero-order valence-corrected chi connectivity index (χ0v) is 17.0. The van der Waals surface area contributed by atoms with Crippen molar-refractivity contribution in [3.05, 3.63) is 59.9 Å². The molecule has 0 bridgehead atoms. The number of carbonyl (C=O) groups is 2. The van der Waals surface area contributed by atoms with Gasteiger partial charge in [-0.1, -0.05) is 18.2 Å². The highest BCUT2D eigenvalue weighted by molar-refractivity contribution is 5.94. The summed E-state index contributed by atoms with van der Waals surface area (Å²) in [5.41, 5.74) is 1.49. The second-order valence-corrected chi connectivity index (χ2v) is 8.80. The van der Waals surface area contributed by atoms with Gasteiger partial charge >= 0.3 is 0 Å². The van der Waals surface area contributed by atoms with Gasteiger partial charge in [-0.15, -0.1) is 0 Å². The molecule has 1 saturated heterocycles. The van der Waals surface area contributed by atoms with Gasteiger partial charge in [-0.2, -0.15) is 0 Å². The first-order valence-corrected chi connectivity index (χ1v) is 10.9. The monoisotopic (exact) mass is 405 g/mol. The summed E-state index contributed by atoms with van der Waals surface area (Å²) in [6.07, 6.45) is 8.37. The Morgan fingerprint density at radius 1 is 1.10 bits per heavy atom. The van der Waals surface area contributed by atoms with Crippen molar-refractivity contribution in [2.75, 3.05) is 13.1 Å². The number of fused-ring (bicyclic) bond motifs is 1. The Morgan fingerprint density at radius 2 is 1.83 bits per heavy atom. The van der Waals surface area contributed by atoms with Crippen molar-refractivity contribution < 1.29 is 14.3 Å². The van der Waals surface area contributed by atoms with Crippen LogP contribution in [0.1, 0.15) is 60.4 Å². The average Bonchev–Trinajstić information content (AvgIpc) is 3.58. The summed E-state index contributed by atoms with van der Waals surface area (Å²) in [6.45, 7) is 1.31. The Labute approximate surface area is 176 Å². The van der Waals surface area contributed by atoms with Crippen LogP contribution in [-0.4, -0.2) is 46.4 Å². The molecule has 1 aromatic carbocycles. The third-order valence-corrected chi connectivity index (χ3v) is 6.57. The summed E-state index contributed by atoms with van der Waals surface area (Å²) in [4.78, 5) is 31.2. The molecular weight excluding hydrogens is 378 g/mol. The van der Waals surface area contributed by atoms with E-state index in [-0.39, 0.29) is 23.3 Å². The minimum absolute atomic E-state index is 0.0452. The van der Waals surface area contributed by atoms with Gasteiger partial charge in [-0.25, -0.2) is 0 Å². The number of aromatic nitrogens is 1. The van der Waals surface area contributed by atoms with Gasteiger partial charge in [0, 0.05) is 62.3 Å². The van der Waals surface area contributed by atoms with Crippen molar-refractivity contribution in [3.63, 3.8) is 0 Å². The van der Waals surface area contributed by atoms with E-state index in [1.165, 1.54) is 0 Å². The number of piperidine rings is 1.